The molecule has 2 heterocycles. The van der Waals surface area contributed by atoms with Crippen molar-refractivity contribution in [1.82, 2.24) is 4.90 Å². The number of hydrogen-bond acceptors (Lipinski definition) is 8. The van der Waals surface area contributed by atoms with Gasteiger partial charge >= 0.3 is 0 Å². The molecule has 0 spiro atoms. The second-order valence-corrected chi connectivity index (χ2v) is 11.8. The fourth-order valence-electron chi connectivity index (χ4n) is 5.83. The quantitative estimate of drug-likeness (QED) is 0.125. The zero-order valence-corrected chi connectivity index (χ0v) is 26.3. The molecule has 0 bridgehead atoms. The van der Waals surface area contributed by atoms with Gasteiger partial charge in [-0.15, -0.1) is 0 Å². The first-order chi connectivity index (χ1) is 20.7. The highest BCUT2D eigenvalue weighted by molar-refractivity contribution is 7.99. The lowest BCUT2D eigenvalue weighted by atomic mass is 10.1. The van der Waals surface area contributed by atoms with E-state index in [1.54, 1.807) is 21.3 Å². The summed E-state index contributed by atoms with van der Waals surface area (Å²) in [6, 6.07) is 17.4. The number of ether oxygens (including phenoxy) is 5. The molecule has 0 radical (unpaired) electrons. The molecule has 0 fully saturated rings. The van der Waals surface area contributed by atoms with E-state index in [4.69, 9.17) is 23.7 Å². The number of fused-ring (bicyclic) bond motifs is 3. The molecule has 0 unspecified atom stereocenters. The van der Waals surface area contributed by atoms with Crippen molar-refractivity contribution in [2.45, 2.75) is 68.6 Å². The van der Waals surface area contributed by atoms with Gasteiger partial charge in [0, 0.05) is 54.2 Å². The predicted octanol–water partition coefficient (Wildman–Crippen LogP) is 7.54. The lowest BCUT2D eigenvalue weighted by Crippen LogP contribution is -2.25. The lowest BCUT2D eigenvalue weighted by molar-refractivity contribution is -0.0732. The molecule has 2 aliphatic heterocycles. The number of rotatable bonds is 16. The zero-order chi connectivity index (χ0) is 29.3. The standard InChI is InChI=1S/C34H44N2O5S/c1-5-6-7-10-17-36-29-13-15-31(38-3)27(22-35-20-25-11-8-9-12-26(25)21-35)33(29)42-34-28(23-41-24-40-19-18-37-2)32(39-4)16-14-30(34)36/h8-9,11-16H,5-7,10,17-24H2,1-4H3. The van der Waals surface area contributed by atoms with Crippen molar-refractivity contribution in [2.75, 3.05) is 52.8 Å². The Bertz CT molecular complexity index is 1310. The molecule has 0 saturated heterocycles. The van der Waals surface area contributed by atoms with Crippen LogP contribution in [0.5, 0.6) is 11.5 Å². The van der Waals surface area contributed by atoms with E-state index in [-0.39, 0.29) is 6.79 Å². The molecule has 226 valence electrons. The molecule has 3 aromatic rings. The molecule has 0 aromatic heterocycles. The summed E-state index contributed by atoms with van der Waals surface area (Å²) in [6.07, 6.45) is 4.81. The van der Waals surface area contributed by atoms with Gasteiger partial charge in [-0.05, 0) is 41.8 Å². The highest BCUT2D eigenvalue weighted by Crippen LogP contribution is 2.54. The van der Waals surface area contributed by atoms with E-state index < -0.39 is 0 Å². The Hall–Kier alpha value is -2.75. The van der Waals surface area contributed by atoms with Gasteiger partial charge in [0.1, 0.15) is 18.3 Å². The van der Waals surface area contributed by atoms with E-state index in [0.717, 1.165) is 49.7 Å². The van der Waals surface area contributed by atoms with Crippen molar-refractivity contribution in [2.24, 2.45) is 0 Å². The van der Waals surface area contributed by atoms with Crippen LogP contribution >= 0.6 is 11.8 Å². The number of anilines is 2. The highest BCUT2D eigenvalue weighted by atomic mass is 32.2. The topological polar surface area (TPSA) is 52.6 Å². The van der Waals surface area contributed by atoms with Crippen molar-refractivity contribution in [3.8, 4) is 11.5 Å². The Morgan fingerprint density at radius 3 is 2.05 bits per heavy atom. The number of unbranched alkanes of at least 4 members (excludes halogenated alkanes) is 3. The third-order valence-corrected chi connectivity index (χ3v) is 9.31. The summed E-state index contributed by atoms with van der Waals surface area (Å²) in [5, 5.41) is 0. The van der Waals surface area contributed by atoms with E-state index in [0.29, 0.717) is 19.8 Å². The fourth-order valence-corrected chi connectivity index (χ4v) is 7.17. The Kier molecular flexibility index (Phi) is 11.1. The SMILES string of the molecule is CCCCCCN1c2ccc(OC)c(COCOCCOC)c2Sc2c1ccc(OC)c2CN1Cc2ccccc2C1. The minimum absolute atomic E-state index is 0.201. The second-order valence-electron chi connectivity index (χ2n) is 10.8. The molecule has 0 aliphatic carbocycles. The van der Waals surface area contributed by atoms with Crippen LogP contribution in [0.4, 0.5) is 11.4 Å². The summed E-state index contributed by atoms with van der Waals surface area (Å²) < 4.78 is 28.5. The van der Waals surface area contributed by atoms with E-state index in [1.165, 1.54) is 57.1 Å². The number of benzene rings is 3. The average Bonchev–Trinajstić information content (AvgIpc) is 3.43. The number of hydrogen-bond donors (Lipinski definition) is 0. The van der Waals surface area contributed by atoms with Crippen LogP contribution in [0.1, 0.15) is 54.9 Å². The summed E-state index contributed by atoms with van der Waals surface area (Å²) in [5.41, 5.74) is 7.55. The molecule has 8 heteroatoms. The Morgan fingerprint density at radius 2 is 1.40 bits per heavy atom. The molecule has 0 amide bonds. The van der Waals surface area contributed by atoms with Gasteiger partial charge in [0.2, 0.25) is 0 Å². The molecule has 0 atom stereocenters. The maximum atomic E-state index is 6.01. The highest BCUT2D eigenvalue weighted by Gasteiger charge is 2.31. The van der Waals surface area contributed by atoms with E-state index >= 15 is 0 Å². The minimum atomic E-state index is 0.201. The molecule has 0 N–H and O–H groups in total. The van der Waals surface area contributed by atoms with Crippen molar-refractivity contribution >= 4 is 23.1 Å². The monoisotopic (exact) mass is 592 g/mol. The molecule has 0 saturated carbocycles. The van der Waals surface area contributed by atoms with Crippen LogP contribution in [-0.2, 0) is 40.5 Å². The smallest absolute Gasteiger partial charge is 0.147 e. The summed E-state index contributed by atoms with van der Waals surface area (Å²) in [5.74, 6) is 1.76. The van der Waals surface area contributed by atoms with Crippen LogP contribution < -0.4 is 14.4 Å². The van der Waals surface area contributed by atoms with Gasteiger partial charge in [-0.2, -0.15) is 0 Å². The largest absolute Gasteiger partial charge is 0.496 e. The van der Waals surface area contributed by atoms with Crippen molar-refractivity contribution in [1.29, 1.82) is 0 Å². The summed E-state index contributed by atoms with van der Waals surface area (Å²) in [4.78, 5) is 7.43. The second kappa shape index (κ2) is 15.1. The van der Waals surface area contributed by atoms with Crippen molar-refractivity contribution in [3.63, 3.8) is 0 Å². The zero-order valence-electron chi connectivity index (χ0n) is 25.4. The van der Waals surface area contributed by atoms with Crippen LogP contribution in [0.25, 0.3) is 0 Å². The lowest BCUT2D eigenvalue weighted by Gasteiger charge is -2.36. The molecule has 42 heavy (non-hydrogen) atoms. The van der Waals surface area contributed by atoms with Crippen LogP contribution in [0.2, 0.25) is 0 Å². The first-order valence-corrected chi connectivity index (χ1v) is 15.8. The van der Waals surface area contributed by atoms with Crippen LogP contribution in [0, 0.1) is 0 Å². The van der Waals surface area contributed by atoms with Crippen LogP contribution in [0.3, 0.4) is 0 Å². The first-order valence-electron chi connectivity index (χ1n) is 15.0. The normalized spacial score (nSPS) is 14.0. The fraction of sp³-hybridized carbons (Fsp3) is 0.471. The van der Waals surface area contributed by atoms with E-state index in [9.17, 15) is 0 Å². The average molecular weight is 593 g/mol. The summed E-state index contributed by atoms with van der Waals surface area (Å²) in [7, 11) is 5.17. The molecule has 3 aromatic carbocycles. The van der Waals surface area contributed by atoms with Gasteiger partial charge in [-0.1, -0.05) is 62.2 Å². The molecular weight excluding hydrogens is 548 g/mol. The first kappa shape index (κ1) is 30.7. The molecule has 5 rings (SSSR count). The Balaban J connectivity index is 1.49. The Labute approximate surface area is 255 Å². The number of nitrogens with zero attached hydrogens (tertiary/aromatic N) is 2. The summed E-state index contributed by atoms with van der Waals surface area (Å²) >= 11 is 1.81. The molecule has 2 aliphatic rings. The van der Waals surface area contributed by atoms with Gasteiger partial charge in [-0.3, -0.25) is 4.90 Å². The Morgan fingerprint density at radius 1 is 0.738 bits per heavy atom. The predicted molar refractivity (Wildman–Crippen MR) is 168 cm³/mol. The minimum Gasteiger partial charge on any atom is -0.496 e. The van der Waals surface area contributed by atoms with Crippen LogP contribution in [0.15, 0.2) is 58.3 Å². The van der Waals surface area contributed by atoms with Crippen molar-refractivity contribution < 1.29 is 23.7 Å². The maximum absolute atomic E-state index is 6.01. The molecular formula is C34H44N2O5S. The van der Waals surface area contributed by atoms with Crippen LogP contribution in [-0.4, -0.2) is 52.8 Å². The molecule has 7 nitrogen and oxygen atoms in total. The van der Waals surface area contributed by atoms with E-state index in [2.05, 4.69) is 65.3 Å². The third kappa shape index (κ3) is 6.90. The number of methoxy groups -OCH3 is 3. The maximum Gasteiger partial charge on any atom is 0.147 e. The van der Waals surface area contributed by atoms with Gasteiger partial charge in [0.05, 0.1) is 45.4 Å². The van der Waals surface area contributed by atoms with Gasteiger partial charge in [0.15, 0.2) is 0 Å². The van der Waals surface area contributed by atoms with Gasteiger partial charge in [0.25, 0.3) is 0 Å². The van der Waals surface area contributed by atoms with Gasteiger partial charge in [-0.25, -0.2) is 0 Å². The third-order valence-electron chi connectivity index (χ3n) is 7.99. The van der Waals surface area contributed by atoms with E-state index in [1.807, 2.05) is 11.8 Å². The van der Waals surface area contributed by atoms with Crippen molar-refractivity contribution in [3.05, 3.63) is 70.8 Å². The summed E-state index contributed by atoms with van der Waals surface area (Å²) in [6.45, 7) is 7.55. The van der Waals surface area contributed by atoms with Gasteiger partial charge < -0.3 is 28.6 Å².